The van der Waals surface area contributed by atoms with E-state index in [9.17, 15) is 22.8 Å². The molecule has 5 nitrogen and oxygen atoms in total. The van der Waals surface area contributed by atoms with Crippen LogP contribution in [0, 0.1) is 0 Å². The van der Waals surface area contributed by atoms with Crippen molar-refractivity contribution in [2.75, 3.05) is 6.54 Å². The van der Waals surface area contributed by atoms with Crippen molar-refractivity contribution in [2.24, 2.45) is 0 Å². The van der Waals surface area contributed by atoms with Gasteiger partial charge < -0.3 is 15.7 Å². The second-order valence-corrected chi connectivity index (χ2v) is 4.84. The molecule has 0 spiro atoms. The standard InChI is InChI=1S/C12H21F3N2O3/c1-3-6-11(2,9(18)19)17-10(20)16-8-5-4-7-12(13,14)15/h3-8H2,1-2H3,(H,18,19)(H2,16,17,20). The third-order valence-electron chi connectivity index (χ3n) is 2.78. The quantitative estimate of drug-likeness (QED) is 0.603. The fourth-order valence-electron chi connectivity index (χ4n) is 1.67. The molecule has 3 N–H and O–H groups in total. The maximum atomic E-state index is 11.9. The molecule has 1 atom stereocenters. The first kappa shape index (κ1) is 18.5. The molecule has 0 fully saturated rings. The monoisotopic (exact) mass is 298 g/mol. The highest BCUT2D eigenvalue weighted by molar-refractivity contribution is 5.85. The first-order valence-electron chi connectivity index (χ1n) is 6.47. The summed E-state index contributed by atoms with van der Waals surface area (Å²) in [7, 11) is 0. The van der Waals surface area contributed by atoms with Gasteiger partial charge in [0, 0.05) is 13.0 Å². The number of urea groups is 1. The first-order valence-corrected chi connectivity index (χ1v) is 6.47. The van der Waals surface area contributed by atoms with Gasteiger partial charge in [-0.3, -0.25) is 0 Å². The molecule has 0 aromatic rings. The topological polar surface area (TPSA) is 78.4 Å². The van der Waals surface area contributed by atoms with E-state index in [0.29, 0.717) is 6.42 Å². The van der Waals surface area contributed by atoms with Crippen LogP contribution in [0.2, 0.25) is 0 Å². The summed E-state index contributed by atoms with van der Waals surface area (Å²) in [4.78, 5) is 22.6. The minimum Gasteiger partial charge on any atom is -0.480 e. The van der Waals surface area contributed by atoms with Gasteiger partial charge in [0.2, 0.25) is 0 Å². The molecule has 0 aliphatic carbocycles. The predicted molar refractivity (Wildman–Crippen MR) is 67.4 cm³/mol. The lowest BCUT2D eigenvalue weighted by atomic mass is 9.97. The van der Waals surface area contributed by atoms with Gasteiger partial charge in [-0.1, -0.05) is 13.3 Å². The number of halogens is 3. The van der Waals surface area contributed by atoms with E-state index < -0.39 is 30.1 Å². The van der Waals surface area contributed by atoms with E-state index in [1.54, 1.807) is 6.92 Å². The van der Waals surface area contributed by atoms with Gasteiger partial charge in [-0.05, 0) is 26.2 Å². The molecule has 20 heavy (non-hydrogen) atoms. The summed E-state index contributed by atoms with van der Waals surface area (Å²) >= 11 is 0. The number of aliphatic carboxylic acids is 1. The van der Waals surface area contributed by atoms with Crippen molar-refractivity contribution in [2.45, 2.75) is 57.7 Å². The zero-order valence-corrected chi connectivity index (χ0v) is 11.6. The van der Waals surface area contributed by atoms with Gasteiger partial charge in [-0.15, -0.1) is 0 Å². The third kappa shape index (κ3) is 7.85. The number of carboxylic acids is 1. The van der Waals surface area contributed by atoms with E-state index in [-0.39, 0.29) is 25.8 Å². The van der Waals surface area contributed by atoms with Crippen LogP contribution in [-0.4, -0.2) is 35.4 Å². The lowest BCUT2D eigenvalue weighted by Gasteiger charge is -2.25. The van der Waals surface area contributed by atoms with Crippen molar-refractivity contribution in [3.8, 4) is 0 Å². The van der Waals surface area contributed by atoms with E-state index in [2.05, 4.69) is 10.6 Å². The number of alkyl halides is 3. The molecule has 1 unspecified atom stereocenters. The molecule has 0 heterocycles. The van der Waals surface area contributed by atoms with Gasteiger partial charge in [0.05, 0.1) is 0 Å². The number of amides is 2. The molecule has 2 amide bonds. The van der Waals surface area contributed by atoms with E-state index in [0.717, 1.165) is 0 Å². The molecule has 0 saturated carbocycles. The van der Waals surface area contributed by atoms with Gasteiger partial charge in [-0.2, -0.15) is 13.2 Å². The Morgan fingerprint density at radius 1 is 1.15 bits per heavy atom. The van der Waals surface area contributed by atoms with Gasteiger partial charge in [0.25, 0.3) is 0 Å². The molecular formula is C12H21F3N2O3. The summed E-state index contributed by atoms with van der Waals surface area (Å²) in [6, 6.07) is -0.685. The van der Waals surface area contributed by atoms with Crippen LogP contribution in [0.1, 0.15) is 46.0 Å². The summed E-state index contributed by atoms with van der Waals surface area (Å²) < 4.78 is 35.6. The number of carbonyl (C=O) groups excluding carboxylic acids is 1. The van der Waals surface area contributed by atoms with Crippen LogP contribution >= 0.6 is 0 Å². The Morgan fingerprint density at radius 2 is 1.75 bits per heavy atom. The molecular weight excluding hydrogens is 277 g/mol. The summed E-state index contributed by atoms with van der Waals surface area (Å²) in [5.74, 6) is -1.15. The van der Waals surface area contributed by atoms with E-state index in [1.807, 2.05) is 0 Å². The minimum atomic E-state index is -4.19. The average Bonchev–Trinajstić information content (AvgIpc) is 2.26. The second-order valence-electron chi connectivity index (χ2n) is 4.84. The number of nitrogens with one attached hydrogen (secondary N) is 2. The van der Waals surface area contributed by atoms with Crippen molar-refractivity contribution >= 4 is 12.0 Å². The fraction of sp³-hybridized carbons (Fsp3) is 0.833. The number of hydrogen-bond acceptors (Lipinski definition) is 2. The maximum Gasteiger partial charge on any atom is 0.389 e. The Morgan fingerprint density at radius 3 is 2.20 bits per heavy atom. The fourth-order valence-corrected chi connectivity index (χ4v) is 1.67. The molecule has 0 aromatic carbocycles. The van der Waals surface area contributed by atoms with Crippen LogP contribution in [-0.2, 0) is 4.79 Å². The normalized spacial score (nSPS) is 14.4. The summed E-state index contributed by atoms with van der Waals surface area (Å²) in [6.45, 7) is 3.25. The van der Waals surface area contributed by atoms with Gasteiger partial charge in [0.15, 0.2) is 0 Å². The van der Waals surface area contributed by atoms with E-state index in [4.69, 9.17) is 5.11 Å². The first-order chi connectivity index (χ1) is 9.10. The maximum absolute atomic E-state index is 11.9. The Hall–Kier alpha value is -1.47. The predicted octanol–water partition coefficient (Wildman–Crippen LogP) is 2.66. The highest BCUT2D eigenvalue weighted by atomic mass is 19.4. The van der Waals surface area contributed by atoms with Gasteiger partial charge >= 0.3 is 18.2 Å². The lowest BCUT2D eigenvalue weighted by Crippen LogP contribution is -2.55. The van der Waals surface area contributed by atoms with Crippen molar-refractivity contribution in [1.29, 1.82) is 0 Å². The van der Waals surface area contributed by atoms with Crippen molar-refractivity contribution in [1.82, 2.24) is 10.6 Å². The highest BCUT2D eigenvalue weighted by Gasteiger charge is 2.33. The largest absolute Gasteiger partial charge is 0.480 e. The molecule has 0 radical (unpaired) electrons. The van der Waals surface area contributed by atoms with Gasteiger partial charge in [0.1, 0.15) is 5.54 Å². The number of rotatable bonds is 8. The molecule has 0 bridgehead atoms. The van der Waals surface area contributed by atoms with Crippen LogP contribution in [0.4, 0.5) is 18.0 Å². The molecule has 0 aromatic heterocycles. The van der Waals surface area contributed by atoms with Crippen LogP contribution in [0.3, 0.4) is 0 Å². The Labute approximate surface area is 115 Å². The zero-order chi connectivity index (χ0) is 15.8. The van der Waals surface area contributed by atoms with E-state index >= 15 is 0 Å². The Balaban J connectivity index is 4.01. The SMILES string of the molecule is CCCC(C)(NC(=O)NCCCCC(F)(F)F)C(=O)O. The number of carboxylic acid groups (broad SMARTS) is 1. The van der Waals surface area contributed by atoms with E-state index in [1.165, 1.54) is 6.92 Å². The minimum absolute atomic E-state index is 0.0732. The molecule has 118 valence electrons. The lowest BCUT2D eigenvalue weighted by molar-refractivity contribution is -0.144. The van der Waals surface area contributed by atoms with Crippen LogP contribution in [0.25, 0.3) is 0 Å². The molecule has 0 aliphatic heterocycles. The number of unbranched alkanes of at least 4 members (excludes halogenated alkanes) is 1. The average molecular weight is 298 g/mol. The van der Waals surface area contributed by atoms with Crippen LogP contribution in [0.5, 0.6) is 0 Å². The molecule has 0 rings (SSSR count). The summed E-state index contributed by atoms with van der Waals surface area (Å²) in [5, 5.41) is 13.7. The summed E-state index contributed by atoms with van der Waals surface area (Å²) in [6.07, 6.45) is -4.12. The molecule has 8 heteroatoms. The number of hydrogen-bond donors (Lipinski definition) is 3. The van der Waals surface area contributed by atoms with Crippen molar-refractivity contribution in [3.63, 3.8) is 0 Å². The Kier molecular flexibility index (Phi) is 7.38. The van der Waals surface area contributed by atoms with Gasteiger partial charge in [-0.25, -0.2) is 9.59 Å². The number of carbonyl (C=O) groups is 2. The molecule has 0 saturated heterocycles. The van der Waals surface area contributed by atoms with Crippen molar-refractivity contribution in [3.05, 3.63) is 0 Å². The van der Waals surface area contributed by atoms with Crippen molar-refractivity contribution < 1.29 is 27.9 Å². The third-order valence-corrected chi connectivity index (χ3v) is 2.78. The van der Waals surface area contributed by atoms with Crippen LogP contribution < -0.4 is 10.6 Å². The zero-order valence-electron chi connectivity index (χ0n) is 11.6. The van der Waals surface area contributed by atoms with Crippen LogP contribution in [0.15, 0.2) is 0 Å². The second kappa shape index (κ2) is 7.96. The summed E-state index contributed by atoms with van der Waals surface area (Å²) in [5.41, 5.74) is -1.37. The molecule has 0 aliphatic rings. The Bertz CT molecular complexity index is 334. The smallest absolute Gasteiger partial charge is 0.389 e. The highest BCUT2D eigenvalue weighted by Crippen LogP contribution is 2.21.